The second-order valence-corrected chi connectivity index (χ2v) is 13.8. The number of benzene rings is 2. The molecule has 3 aromatic rings. The summed E-state index contributed by atoms with van der Waals surface area (Å²) in [7, 11) is -2.12. The van der Waals surface area contributed by atoms with Crippen molar-refractivity contribution >= 4 is 58.5 Å². The minimum atomic E-state index is -3.69. The lowest BCUT2D eigenvalue weighted by Crippen LogP contribution is -2.39. The second-order valence-electron chi connectivity index (χ2n) is 9.82. The minimum absolute atomic E-state index is 0.0777. The second kappa shape index (κ2) is 12.7. The number of aromatic nitrogens is 1. The number of likely N-dealkylation sites (N-methyl/N-ethyl adjacent to an activating group) is 1. The normalized spacial score (nSPS) is 18.7. The maximum atomic E-state index is 13.8. The van der Waals surface area contributed by atoms with E-state index in [1.54, 1.807) is 24.1 Å². The van der Waals surface area contributed by atoms with Crippen LogP contribution in [0.5, 0.6) is 0 Å². The molecule has 0 bridgehead atoms. The number of hydrogen-bond donors (Lipinski definition) is 0. The molecule has 0 radical (unpaired) electrons. The fourth-order valence-corrected chi connectivity index (χ4v) is 7.59. The van der Waals surface area contributed by atoms with Crippen molar-refractivity contribution in [2.24, 2.45) is 0 Å². The number of amides is 1. The van der Waals surface area contributed by atoms with Crippen LogP contribution in [0.1, 0.15) is 29.6 Å². The molecule has 0 saturated carbocycles. The number of ether oxygens (including phenoxy) is 2. The number of thiazole rings is 1. The Morgan fingerprint density at radius 3 is 2.64 bits per heavy atom. The van der Waals surface area contributed by atoms with E-state index in [2.05, 4.69) is 20.8 Å². The molecule has 210 valence electrons. The van der Waals surface area contributed by atoms with Crippen LogP contribution in [-0.2, 0) is 19.5 Å². The SMILES string of the molecule is CN(CC1CCCO1)S(=O)(=O)c1ccc(C(=O)N(CCCN2CCOCC2)c2nc3ccc(Br)cc3s2)cc1. The van der Waals surface area contributed by atoms with Crippen LogP contribution in [0, 0.1) is 0 Å². The summed E-state index contributed by atoms with van der Waals surface area (Å²) in [6, 6.07) is 12.1. The Balaban J connectivity index is 1.34. The van der Waals surface area contributed by atoms with Crippen molar-refractivity contribution in [3.63, 3.8) is 0 Å². The summed E-state index contributed by atoms with van der Waals surface area (Å²) in [6.45, 7) is 5.58. The van der Waals surface area contributed by atoms with Crippen LogP contribution in [0.4, 0.5) is 5.13 Å². The third kappa shape index (κ3) is 6.87. The van der Waals surface area contributed by atoms with Gasteiger partial charge in [0.1, 0.15) is 0 Å². The summed E-state index contributed by atoms with van der Waals surface area (Å²) in [5, 5.41) is 0.628. The Morgan fingerprint density at radius 2 is 1.92 bits per heavy atom. The fraction of sp³-hybridized carbons (Fsp3) is 0.481. The lowest BCUT2D eigenvalue weighted by molar-refractivity contribution is 0.0376. The molecular weight excluding hydrogens is 604 g/mol. The molecule has 1 atom stereocenters. The Hall–Kier alpha value is -1.93. The van der Waals surface area contributed by atoms with E-state index in [1.165, 1.54) is 27.8 Å². The number of rotatable bonds is 10. The van der Waals surface area contributed by atoms with E-state index in [1.807, 2.05) is 18.2 Å². The van der Waals surface area contributed by atoms with Crippen LogP contribution in [0.15, 0.2) is 51.8 Å². The molecule has 9 nitrogen and oxygen atoms in total. The lowest BCUT2D eigenvalue weighted by atomic mass is 10.2. The molecule has 3 heterocycles. The van der Waals surface area contributed by atoms with Gasteiger partial charge < -0.3 is 9.47 Å². The van der Waals surface area contributed by atoms with Gasteiger partial charge in [-0.15, -0.1) is 0 Å². The van der Waals surface area contributed by atoms with Crippen molar-refractivity contribution in [2.45, 2.75) is 30.3 Å². The average Bonchev–Trinajstić information content (AvgIpc) is 3.61. The highest BCUT2D eigenvalue weighted by molar-refractivity contribution is 9.10. The van der Waals surface area contributed by atoms with Gasteiger partial charge in [-0.25, -0.2) is 13.4 Å². The summed E-state index contributed by atoms with van der Waals surface area (Å²) < 4.78 is 40.6. The van der Waals surface area contributed by atoms with Gasteiger partial charge in [-0.3, -0.25) is 14.6 Å². The van der Waals surface area contributed by atoms with E-state index < -0.39 is 10.0 Å². The molecule has 12 heteroatoms. The van der Waals surface area contributed by atoms with E-state index in [9.17, 15) is 13.2 Å². The van der Waals surface area contributed by atoms with Crippen molar-refractivity contribution in [3.8, 4) is 0 Å². The molecule has 0 N–H and O–H groups in total. The molecule has 0 aliphatic carbocycles. The van der Waals surface area contributed by atoms with E-state index in [0.29, 0.717) is 30.4 Å². The molecule has 1 amide bonds. The van der Waals surface area contributed by atoms with Gasteiger partial charge in [-0.05, 0) is 61.7 Å². The van der Waals surface area contributed by atoms with Gasteiger partial charge in [0, 0.05) is 56.4 Å². The van der Waals surface area contributed by atoms with Crippen molar-refractivity contribution in [3.05, 3.63) is 52.5 Å². The number of carbonyl (C=O) groups excluding carboxylic acids is 1. The standard InChI is InChI=1S/C27H33BrN4O5S2/c1-30(19-22-4-2-15-37-22)39(34,35)23-8-5-20(6-9-23)26(33)32(12-3-11-31-13-16-36-17-14-31)27-29-24-10-7-21(28)18-25(24)38-27/h5-10,18,22H,2-4,11-17,19H2,1H3. The van der Waals surface area contributed by atoms with E-state index in [4.69, 9.17) is 14.5 Å². The van der Waals surface area contributed by atoms with Crippen LogP contribution < -0.4 is 4.90 Å². The van der Waals surface area contributed by atoms with Crippen molar-refractivity contribution < 1.29 is 22.7 Å². The molecule has 2 aliphatic rings. The van der Waals surface area contributed by atoms with Crippen LogP contribution in [0.25, 0.3) is 10.2 Å². The molecule has 39 heavy (non-hydrogen) atoms. The van der Waals surface area contributed by atoms with Gasteiger partial charge in [-0.1, -0.05) is 27.3 Å². The van der Waals surface area contributed by atoms with E-state index >= 15 is 0 Å². The number of carbonyl (C=O) groups is 1. The van der Waals surface area contributed by atoms with Crippen molar-refractivity contribution in [2.75, 3.05) is 64.5 Å². The quantitative estimate of drug-likeness (QED) is 0.329. The molecule has 0 spiro atoms. The first-order valence-corrected chi connectivity index (χ1v) is 16.2. The van der Waals surface area contributed by atoms with E-state index in [0.717, 1.165) is 66.8 Å². The Labute approximate surface area is 241 Å². The molecule has 2 aromatic carbocycles. The predicted octanol–water partition coefficient (Wildman–Crippen LogP) is 4.23. The number of anilines is 1. The fourth-order valence-electron chi connectivity index (χ4n) is 4.84. The highest BCUT2D eigenvalue weighted by Crippen LogP contribution is 2.32. The first kappa shape index (κ1) is 28.6. The van der Waals surface area contributed by atoms with Gasteiger partial charge in [0.05, 0.1) is 34.4 Å². The Morgan fingerprint density at radius 1 is 1.15 bits per heavy atom. The monoisotopic (exact) mass is 636 g/mol. The Kier molecular flexibility index (Phi) is 9.32. The summed E-state index contributed by atoms with van der Waals surface area (Å²) in [4.78, 5) is 22.7. The molecule has 1 aromatic heterocycles. The zero-order valence-corrected chi connectivity index (χ0v) is 25.1. The van der Waals surface area contributed by atoms with Crippen LogP contribution in [0.2, 0.25) is 0 Å². The number of halogens is 1. The first-order chi connectivity index (χ1) is 18.8. The number of sulfonamides is 1. The van der Waals surface area contributed by atoms with Crippen LogP contribution >= 0.6 is 27.3 Å². The summed E-state index contributed by atoms with van der Waals surface area (Å²) in [5.74, 6) is -0.202. The van der Waals surface area contributed by atoms with Gasteiger partial charge >= 0.3 is 0 Å². The number of nitrogens with zero attached hydrogens (tertiary/aromatic N) is 4. The summed E-state index contributed by atoms with van der Waals surface area (Å²) >= 11 is 4.98. The maximum absolute atomic E-state index is 13.8. The number of fused-ring (bicyclic) bond motifs is 1. The number of morpholine rings is 1. The lowest BCUT2D eigenvalue weighted by Gasteiger charge is -2.27. The molecule has 5 rings (SSSR count). The smallest absolute Gasteiger partial charge is 0.260 e. The largest absolute Gasteiger partial charge is 0.379 e. The topological polar surface area (TPSA) is 92.3 Å². The van der Waals surface area contributed by atoms with Gasteiger partial charge in [0.2, 0.25) is 10.0 Å². The minimum Gasteiger partial charge on any atom is -0.379 e. The molecular formula is C27H33BrN4O5S2. The van der Waals surface area contributed by atoms with Gasteiger partial charge in [-0.2, -0.15) is 4.31 Å². The third-order valence-electron chi connectivity index (χ3n) is 7.07. The highest BCUT2D eigenvalue weighted by Gasteiger charge is 2.27. The van der Waals surface area contributed by atoms with Gasteiger partial charge in [0.15, 0.2) is 5.13 Å². The Bertz CT molecular complexity index is 1390. The zero-order valence-electron chi connectivity index (χ0n) is 21.9. The van der Waals surface area contributed by atoms with Crippen LogP contribution in [-0.4, -0.2) is 94.2 Å². The number of hydrogen-bond acceptors (Lipinski definition) is 8. The van der Waals surface area contributed by atoms with E-state index in [-0.39, 0.29) is 16.9 Å². The maximum Gasteiger partial charge on any atom is 0.260 e. The molecule has 2 saturated heterocycles. The first-order valence-electron chi connectivity index (χ1n) is 13.2. The van der Waals surface area contributed by atoms with Crippen molar-refractivity contribution in [1.82, 2.24) is 14.2 Å². The van der Waals surface area contributed by atoms with Crippen molar-refractivity contribution in [1.29, 1.82) is 0 Å². The third-order valence-corrected chi connectivity index (χ3v) is 10.4. The summed E-state index contributed by atoms with van der Waals surface area (Å²) in [6.07, 6.45) is 2.51. The summed E-state index contributed by atoms with van der Waals surface area (Å²) in [5.41, 5.74) is 1.25. The zero-order chi connectivity index (χ0) is 27.4. The molecule has 1 unspecified atom stereocenters. The average molecular weight is 638 g/mol. The highest BCUT2D eigenvalue weighted by atomic mass is 79.9. The molecule has 2 fully saturated rings. The molecule has 2 aliphatic heterocycles. The predicted molar refractivity (Wildman–Crippen MR) is 156 cm³/mol. The van der Waals surface area contributed by atoms with Crippen LogP contribution in [0.3, 0.4) is 0 Å². The van der Waals surface area contributed by atoms with Gasteiger partial charge in [0.25, 0.3) is 5.91 Å².